The summed E-state index contributed by atoms with van der Waals surface area (Å²) in [4.78, 5) is 25.0. The Morgan fingerprint density at radius 3 is 2.67 bits per heavy atom. The maximum Gasteiger partial charge on any atom is 0.414 e. The van der Waals surface area contributed by atoms with Gasteiger partial charge >= 0.3 is 6.09 Å². The van der Waals surface area contributed by atoms with Crippen molar-refractivity contribution in [3.05, 3.63) is 34.8 Å². The Morgan fingerprint density at radius 2 is 2.10 bits per heavy atom. The van der Waals surface area contributed by atoms with E-state index < -0.39 is 0 Å². The van der Waals surface area contributed by atoms with Gasteiger partial charge in [-0.05, 0) is 31.2 Å². The fraction of sp³-hybridized carbons (Fsp3) is 0.231. The van der Waals surface area contributed by atoms with Crippen LogP contribution in [-0.4, -0.2) is 35.3 Å². The Bertz CT molecular complexity index is 683. The molecule has 0 aliphatic carbocycles. The highest BCUT2D eigenvalue weighted by atomic mass is 32.1. The van der Waals surface area contributed by atoms with Crippen LogP contribution in [0, 0.1) is 6.92 Å². The van der Waals surface area contributed by atoms with E-state index in [0.29, 0.717) is 29.5 Å². The van der Waals surface area contributed by atoms with Crippen molar-refractivity contribution in [2.24, 2.45) is 0 Å². The van der Waals surface area contributed by atoms with Crippen LogP contribution in [-0.2, 0) is 4.74 Å². The molecule has 2 heterocycles. The molecule has 21 heavy (non-hydrogen) atoms. The predicted octanol–water partition coefficient (Wildman–Crippen LogP) is 2.06. The zero-order chi connectivity index (χ0) is 14.8. The van der Waals surface area contributed by atoms with Crippen molar-refractivity contribution in [2.45, 2.75) is 6.92 Å². The first-order chi connectivity index (χ1) is 10.1. The molecule has 0 saturated carbocycles. The molecule has 1 aromatic carbocycles. The van der Waals surface area contributed by atoms with E-state index in [1.165, 1.54) is 16.2 Å². The van der Waals surface area contributed by atoms with Crippen LogP contribution in [0.1, 0.15) is 15.4 Å². The van der Waals surface area contributed by atoms with Gasteiger partial charge in [0.25, 0.3) is 5.91 Å². The van der Waals surface area contributed by atoms with Gasteiger partial charge in [-0.25, -0.2) is 4.79 Å². The van der Waals surface area contributed by atoms with E-state index in [4.69, 9.17) is 4.74 Å². The van der Waals surface area contributed by atoms with E-state index in [2.05, 4.69) is 15.5 Å². The highest BCUT2D eigenvalue weighted by Gasteiger charge is 2.23. The summed E-state index contributed by atoms with van der Waals surface area (Å²) in [6.07, 6.45) is -0.364. The van der Waals surface area contributed by atoms with Crippen molar-refractivity contribution in [3.63, 3.8) is 0 Å². The maximum atomic E-state index is 12.0. The van der Waals surface area contributed by atoms with Crippen LogP contribution in [0.25, 0.3) is 0 Å². The Kier molecular flexibility index (Phi) is 3.53. The van der Waals surface area contributed by atoms with Crippen molar-refractivity contribution in [2.75, 3.05) is 23.4 Å². The first kappa shape index (κ1) is 13.5. The van der Waals surface area contributed by atoms with Crippen molar-refractivity contribution in [3.8, 4) is 0 Å². The van der Waals surface area contributed by atoms with E-state index >= 15 is 0 Å². The molecule has 1 saturated heterocycles. The molecular formula is C13H12N4O3S. The highest BCUT2D eigenvalue weighted by Crippen LogP contribution is 2.20. The third-order valence-electron chi connectivity index (χ3n) is 2.95. The number of nitrogens with zero attached hydrogens (tertiary/aromatic N) is 3. The van der Waals surface area contributed by atoms with Crippen LogP contribution in [0.2, 0.25) is 0 Å². The van der Waals surface area contributed by atoms with Gasteiger partial charge in [-0.3, -0.25) is 15.0 Å². The number of aryl methyl sites for hydroxylation is 1. The van der Waals surface area contributed by atoms with Gasteiger partial charge in [0.2, 0.25) is 5.13 Å². The third kappa shape index (κ3) is 2.84. The SMILES string of the molecule is Cc1nnc(NC(=O)c2ccc(N3CCOC3=O)cc2)s1. The van der Waals surface area contributed by atoms with Crippen LogP contribution < -0.4 is 10.2 Å². The minimum absolute atomic E-state index is 0.262. The van der Waals surface area contributed by atoms with Crippen molar-refractivity contribution >= 4 is 34.2 Å². The normalized spacial score (nSPS) is 14.1. The Morgan fingerprint density at radius 1 is 1.33 bits per heavy atom. The zero-order valence-corrected chi connectivity index (χ0v) is 12.0. The summed E-state index contributed by atoms with van der Waals surface area (Å²) >= 11 is 1.31. The van der Waals surface area contributed by atoms with Gasteiger partial charge in [-0.2, -0.15) is 0 Å². The molecule has 0 spiro atoms. The first-order valence-corrected chi connectivity index (χ1v) is 7.11. The Labute approximate surface area is 124 Å². The number of hydrogen-bond donors (Lipinski definition) is 1. The quantitative estimate of drug-likeness (QED) is 0.938. The van der Waals surface area contributed by atoms with Crippen molar-refractivity contribution < 1.29 is 14.3 Å². The Hall–Kier alpha value is -2.48. The van der Waals surface area contributed by atoms with E-state index in [0.717, 1.165) is 5.01 Å². The number of amides is 2. The standard InChI is InChI=1S/C13H12N4O3S/c1-8-15-16-12(21-8)14-11(18)9-2-4-10(5-3-9)17-6-7-20-13(17)19/h2-5H,6-7H2,1H3,(H,14,16,18). The second-order valence-corrected chi connectivity index (χ2v) is 5.57. The lowest BCUT2D eigenvalue weighted by Crippen LogP contribution is -2.23. The molecule has 0 radical (unpaired) electrons. The number of rotatable bonds is 3. The van der Waals surface area contributed by atoms with Crippen LogP contribution in [0.4, 0.5) is 15.6 Å². The zero-order valence-electron chi connectivity index (χ0n) is 11.2. The summed E-state index contributed by atoms with van der Waals surface area (Å²) in [5, 5.41) is 11.6. The molecule has 108 valence electrons. The average Bonchev–Trinajstić information content (AvgIpc) is 3.08. The summed E-state index contributed by atoms with van der Waals surface area (Å²) in [5.74, 6) is -0.262. The number of cyclic esters (lactones) is 1. The van der Waals surface area contributed by atoms with Gasteiger partial charge in [-0.15, -0.1) is 10.2 Å². The highest BCUT2D eigenvalue weighted by molar-refractivity contribution is 7.15. The second kappa shape index (κ2) is 5.49. The summed E-state index contributed by atoms with van der Waals surface area (Å²) in [6, 6.07) is 6.74. The van der Waals surface area contributed by atoms with Gasteiger partial charge in [0.15, 0.2) is 0 Å². The van der Waals surface area contributed by atoms with Crippen LogP contribution in [0.3, 0.4) is 0 Å². The number of ether oxygens (including phenoxy) is 1. The molecule has 1 fully saturated rings. The molecule has 7 nitrogen and oxygen atoms in total. The van der Waals surface area contributed by atoms with E-state index in [1.807, 2.05) is 6.92 Å². The molecule has 1 aliphatic rings. The second-order valence-electron chi connectivity index (χ2n) is 4.39. The monoisotopic (exact) mass is 304 g/mol. The molecular weight excluding hydrogens is 292 g/mol. The lowest BCUT2D eigenvalue weighted by atomic mass is 10.2. The molecule has 0 unspecified atom stereocenters. The molecule has 1 aromatic heterocycles. The average molecular weight is 304 g/mol. The number of anilines is 2. The van der Waals surface area contributed by atoms with Gasteiger partial charge in [0.05, 0.1) is 6.54 Å². The molecule has 0 bridgehead atoms. The van der Waals surface area contributed by atoms with Gasteiger partial charge in [0, 0.05) is 11.3 Å². The van der Waals surface area contributed by atoms with Gasteiger partial charge in [0.1, 0.15) is 11.6 Å². The molecule has 1 N–H and O–H groups in total. The van der Waals surface area contributed by atoms with Crippen molar-refractivity contribution in [1.82, 2.24) is 10.2 Å². The Balaban J connectivity index is 1.71. The van der Waals surface area contributed by atoms with Gasteiger partial charge < -0.3 is 4.74 Å². The maximum absolute atomic E-state index is 12.0. The van der Waals surface area contributed by atoms with E-state index in [1.54, 1.807) is 24.3 Å². The summed E-state index contributed by atoms with van der Waals surface area (Å²) < 4.78 is 4.87. The summed E-state index contributed by atoms with van der Waals surface area (Å²) in [5.41, 5.74) is 1.19. The predicted molar refractivity (Wildman–Crippen MR) is 77.7 cm³/mol. The smallest absolute Gasteiger partial charge is 0.414 e. The molecule has 3 rings (SSSR count). The van der Waals surface area contributed by atoms with Crippen molar-refractivity contribution in [1.29, 1.82) is 0 Å². The fourth-order valence-electron chi connectivity index (χ4n) is 1.94. The third-order valence-corrected chi connectivity index (χ3v) is 3.70. The minimum Gasteiger partial charge on any atom is -0.447 e. The topological polar surface area (TPSA) is 84.4 Å². The molecule has 2 amide bonds. The minimum atomic E-state index is -0.364. The van der Waals surface area contributed by atoms with Crippen LogP contribution >= 0.6 is 11.3 Å². The van der Waals surface area contributed by atoms with E-state index in [-0.39, 0.29) is 12.0 Å². The lowest BCUT2D eigenvalue weighted by Gasteiger charge is -2.12. The molecule has 0 atom stereocenters. The van der Waals surface area contributed by atoms with Crippen LogP contribution in [0.5, 0.6) is 0 Å². The van der Waals surface area contributed by atoms with Gasteiger partial charge in [-0.1, -0.05) is 11.3 Å². The summed E-state index contributed by atoms with van der Waals surface area (Å²) in [7, 11) is 0. The molecule has 2 aromatic rings. The van der Waals surface area contributed by atoms with E-state index in [9.17, 15) is 9.59 Å². The molecule has 1 aliphatic heterocycles. The number of carbonyl (C=O) groups excluding carboxylic acids is 2. The first-order valence-electron chi connectivity index (χ1n) is 6.29. The summed E-state index contributed by atoms with van der Waals surface area (Å²) in [6.45, 7) is 2.73. The van der Waals surface area contributed by atoms with Crippen LogP contribution in [0.15, 0.2) is 24.3 Å². The number of benzene rings is 1. The number of nitrogens with one attached hydrogen (secondary N) is 1. The molecule has 8 heteroatoms. The lowest BCUT2D eigenvalue weighted by molar-refractivity contribution is 0.102. The number of carbonyl (C=O) groups is 2. The number of hydrogen-bond acceptors (Lipinski definition) is 6. The number of aromatic nitrogens is 2. The fourth-order valence-corrected chi connectivity index (χ4v) is 2.52. The largest absolute Gasteiger partial charge is 0.447 e.